The van der Waals surface area contributed by atoms with Gasteiger partial charge in [0.25, 0.3) is 0 Å². The summed E-state index contributed by atoms with van der Waals surface area (Å²) in [5, 5.41) is 9.01. The molecule has 5 heteroatoms. The Bertz CT molecular complexity index is 441. The van der Waals surface area contributed by atoms with Crippen LogP contribution in [0.15, 0.2) is 18.3 Å². The summed E-state index contributed by atoms with van der Waals surface area (Å²) in [6, 6.07) is 3.99. The molecule has 2 nitrogen and oxygen atoms in total. The lowest BCUT2D eigenvalue weighted by atomic mass is 9.67. The van der Waals surface area contributed by atoms with Gasteiger partial charge in [0.05, 0.1) is 22.7 Å². The Kier molecular flexibility index (Phi) is 2.38. The largest absolute Gasteiger partial charge is 0.416 e. The minimum absolute atomic E-state index is 0.246. The topological polar surface area (TPSA) is 36.7 Å². The molecule has 1 aliphatic rings. The highest BCUT2D eigenvalue weighted by Crippen LogP contribution is 2.43. The van der Waals surface area contributed by atoms with Crippen molar-refractivity contribution in [3.63, 3.8) is 0 Å². The van der Waals surface area contributed by atoms with Gasteiger partial charge in [0, 0.05) is 6.20 Å². The SMILES string of the molecule is N#CC1(c2cc(C(F)(F)F)ccn2)CCC1. The zero-order valence-electron chi connectivity index (χ0n) is 8.38. The van der Waals surface area contributed by atoms with E-state index in [1.807, 2.05) is 0 Å². The van der Waals surface area contributed by atoms with E-state index in [0.29, 0.717) is 12.8 Å². The summed E-state index contributed by atoms with van der Waals surface area (Å²) in [4.78, 5) is 3.90. The lowest BCUT2D eigenvalue weighted by molar-refractivity contribution is -0.137. The molecule has 16 heavy (non-hydrogen) atoms. The second kappa shape index (κ2) is 3.48. The fraction of sp³-hybridized carbons (Fsp3) is 0.455. The van der Waals surface area contributed by atoms with E-state index in [1.54, 1.807) is 0 Å². The first kappa shape index (κ1) is 10.9. The Morgan fingerprint density at radius 1 is 1.38 bits per heavy atom. The molecule has 0 aromatic carbocycles. The highest BCUT2D eigenvalue weighted by Gasteiger charge is 2.42. The Labute approximate surface area is 90.7 Å². The van der Waals surface area contributed by atoms with Gasteiger partial charge in [0.15, 0.2) is 0 Å². The van der Waals surface area contributed by atoms with Crippen molar-refractivity contribution in [3.8, 4) is 6.07 Å². The number of aromatic nitrogens is 1. The van der Waals surface area contributed by atoms with Crippen LogP contribution in [0.5, 0.6) is 0 Å². The third-order valence-electron chi connectivity index (χ3n) is 3.00. The molecule has 0 atom stereocenters. The molecule has 2 rings (SSSR count). The molecule has 0 amide bonds. The predicted octanol–water partition coefficient (Wildman–Crippen LogP) is 3.05. The van der Waals surface area contributed by atoms with Crippen molar-refractivity contribution in [2.75, 3.05) is 0 Å². The summed E-state index contributed by atoms with van der Waals surface area (Å²) < 4.78 is 37.4. The van der Waals surface area contributed by atoms with Crippen LogP contribution in [0.4, 0.5) is 13.2 Å². The van der Waals surface area contributed by atoms with Gasteiger partial charge in [-0.1, -0.05) is 0 Å². The Hall–Kier alpha value is -1.57. The molecule has 1 fully saturated rings. The molecule has 1 heterocycles. The first-order chi connectivity index (χ1) is 7.48. The summed E-state index contributed by atoms with van der Waals surface area (Å²) in [5.41, 5.74) is -1.28. The molecule has 1 aromatic rings. The summed E-state index contributed by atoms with van der Waals surface area (Å²) in [6.45, 7) is 0. The highest BCUT2D eigenvalue weighted by molar-refractivity contribution is 5.33. The third kappa shape index (κ3) is 1.64. The minimum atomic E-state index is -4.38. The maximum absolute atomic E-state index is 12.5. The van der Waals surface area contributed by atoms with Crippen molar-refractivity contribution in [2.24, 2.45) is 0 Å². The fourth-order valence-corrected chi connectivity index (χ4v) is 1.82. The van der Waals surface area contributed by atoms with Gasteiger partial charge in [-0.2, -0.15) is 18.4 Å². The number of nitrogens with zero attached hydrogens (tertiary/aromatic N) is 2. The zero-order chi connectivity index (χ0) is 11.8. The quantitative estimate of drug-likeness (QED) is 0.737. The number of hydrogen-bond acceptors (Lipinski definition) is 2. The Balaban J connectivity index is 2.41. The van der Waals surface area contributed by atoms with E-state index >= 15 is 0 Å². The number of nitriles is 1. The van der Waals surface area contributed by atoms with Gasteiger partial charge in [-0.05, 0) is 31.4 Å². The van der Waals surface area contributed by atoms with Crippen LogP contribution in [0.25, 0.3) is 0 Å². The van der Waals surface area contributed by atoms with Crippen molar-refractivity contribution >= 4 is 0 Å². The number of pyridine rings is 1. The average Bonchev–Trinajstić information content (AvgIpc) is 2.16. The molecular formula is C11H9F3N2. The van der Waals surface area contributed by atoms with Gasteiger partial charge in [-0.3, -0.25) is 4.98 Å². The molecule has 0 unspecified atom stereocenters. The third-order valence-corrected chi connectivity index (χ3v) is 3.00. The first-order valence-electron chi connectivity index (χ1n) is 4.93. The number of halogens is 3. The number of hydrogen-bond donors (Lipinski definition) is 0. The van der Waals surface area contributed by atoms with Crippen molar-refractivity contribution in [1.29, 1.82) is 5.26 Å². The maximum atomic E-state index is 12.5. The highest BCUT2D eigenvalue weighted by atomic mass is 19.4. The summed E-state index contributed by atoms with van der Waals surface area (Å²) in [7, 11) is 0. The van der Waals surface area contributed by atoms with Gasteiger partial charge in [0.1, 0.15) is 0 Å². The Morgan fingerprint density at radius 2 is 2.06 bits per heavy atom. The predicted molar refractivity (Wildman–Crippen MR) is 50.4 cm³/mol. The van der Waals surface area contributed by atoms with Gasteiger partial charge in [-0.25, -0.2) is 0 Å². The second-order valence-electron chi connectivity index (χ2n) is 3.97. The van der Waals surface area contributed by atoms with Crippen LogP contribution in [0.3, 0.4) is 0 Å². The van der Waals surface area contributed by atoms with Crippen LogP contribution in [-0.4, -0.2) is 4.98 Å². The molecule has 0 radical (unpaired) electrons. The summed E-state index contributed by atoms with van der Waals surface area (Å²) in [6.07, 6.45) is -1.20. The molecule has 84 valence electrons. The smallest absolute Gasteiger partial charge is 0.260 e. The minimum Gasteiger partial charge on any atom is -0.260 e. The van der Waals surface area contributed by atoms with E-state index in [0.717, 1.165) is 24.8 Å². The van der Waals surface area contributed by atoms with Crippen molar-refractivity contribution in [2.45, 2.75) is 30.9 Å². The van der Waals surface area contributed by atoms with Crippen molar-refractivity contribution in [3.05, 3.63) is 29.6 Å². The average molecular weight is 226 g/mol. The van der Waals surface area contributed by atoms with E-state index in [4.69, 9.17) is 5.26 Å². The van der Waals surface area contributed by atoms with E-state index in [-0.39, 0.29) is 5.69 Å². The first-order valence-corrected chi connectivity index (χ1v) is 4.93. The second-order valence-corrected chi connectivity index (χ2v) is 3.97. The molecule has 1 saturated carbocycles. The van der Waals surface area contributed by atoms with Gasteiger partial charge in [-0.15, -0.1) is 0 Å². The molecule has 0 aliphatic heterocycles. The van der Waals surface area contributed by atoms with E-state index < -0.39 is 17.2 Å². The van der Waals surface area contributed by atoms with E-state index in [2.05, 4.69) is 11.1 Å². The van der Waals surface area contributed by atoms with Crippen LogP contribution in [-0.2, 0) is 11.6 Å². The zero-order valence-corrected chi connectivity index (χ0v) is 8.38. The van der Waals surface area contributed by atoms with E-state index in [1.165, 1.54) is 0 Å². The molecule has 0 spiro atoms. The Morgan fingerprint density at radius 3 is 2.50 bits per heavy atom. The van der Waals surface area contributed by atoms with Crippen LogP contribution in [0.2, 0.25) is 0 Å². The normalized spacial score (nSPS) is 18.6. The molecular weight excluding hydrogens is 217 g/mol. The molecule has 1 aromatic heterocycles. The lowest BCUT2D eigenvalue weighted by Gasteiger charge is -2.34. The summed E-state index contributed by atoms with van der Waals surface area (Å²) >= 11 is 0. The number of rotatable bonds is 1. The maximum Gasteiger partial charge on any atom is 0.416 e. The monoisotopic (exact) mass is 226 g/mol. The van der Waals surface area contributed by atoms with E-state index in [9.17, 15) is 13.2 Å². The lowest BCUT2D eigenvalue weighted by Crippen LogP contribution is -2.33. The molecule has 1 aliphatic carbocycles. The fourth-order valence-electron chi connectivity index (χ4n) is 1.82. The van der Waals surface area contributed by atoms with Crippen LogP contribution in [0.1, 0.15) is 30.5 Å². The van der Waals surface area contributed by atoms with Crippen LogP contribution >= 0.6 is 0 Å². The van der Waals surface area contributed by atoms with Crippen molar-refractivity contribution in [1.82, 2.24) is 4.98 Å². The van der Waals surface area contributed by atoms with Crippen LogP contribution in [0, 0.1) is 11.3 Å². The molecule has 0 N–H and O–H groups in total. The van der Waals surface area contributed by atoms with Gasteiger partial charge in [0.2, 0.25) is 0 Å². The van der Waals surface area contributed by atoms with Gasteiger partial charge >= 0.3 is 6.18 Å². The van der Waals surface area contributed by atoms with Crippen LogP contribution < -0.4 is 0 Å². The molecule has 0 saturated heterocycles. The number of alkyl halides is 3. The van der Waals surface area contributed by atoms with Crippen molar-refractivity contribution < 1.29 is 13.2 Å². The van der Waals surface area contributed by atoms with Gasteiger partial charge < -0.3 is 0 Å². The molecule has 0 bridgehead atoms. The summed E-state index contributed by atoms with van der Waals surface area (Å²) in [5.74, 6) is 0. The standard InChI is InChI=1S/C11H9F3N2/c12-11(13,14)8-2-5-16-9(6-8)10(7-15)3-1-4-10/h2,5-6H,1,3-4H2.